The van der Waals surface area contributed by atoms with Crippen molar-refractivity contribution in [2.45, 2.75) is 77.7 Å². The summed E-state index contributed by atoms with van der Waals surface area (Å²) >= 11 is 0. The lowest BCUT2D eigenvalue weighted by molar-refractivity contribution is -0.141. The van der Waals surface area contributed by atoms with Gasteiger partial charge >= 0.3 is 0 Å². The van der Waals surface area contributed by atoms with Gasteiger partial charge in [0, 0.05) is 5.41 Å². The first kappa shape index (κ1) is 13.1. The van der Waals surface area contributed by atoms with Gasteiger partial charge in [-0.15, -0.1) is 0 Å². The van der Waals surface area contributed by atoms with Gasteiger partial charge in [0.05, 0.1) is 1.37 Å². The Balaban J connectivity index is 1.68. The van der Waals surface area contributed by atoms with Crippen LogP contribution >= 0.6 is 0 Å². The monoisotopic (exact) mass is 291 g/mol. The summed E-state index contributed by atoms with van der Waals surface area (Å²) in [6.07, 6.45) is 8.59. The molecule has 4 rings (SSSR count). The molecule has 4 fully saturated rings. The Hall–Kier alpha value is -0.370. The molecule has 0 radical (unpaired) electrons. The van der Waals surface area contributed by atoms with E-state index in [1.54, 1.807) is 0 Å². The lowest BCUT2D eigenvalue weighted by Gasteiger charge is -2.59. The van der Waals surface area contributed by atoms with E-state index in [1.165, 1.54) is 38.5 Å². The molecule has 4 aliphatic rings. The first-order valence-electron chi connectivity index (χ1n) is 9.56. The maximum Gasteiger partial charge on any atom is 0.167 e. The third kappa shape index (κ3) is 1.77. The molecule has 118 valence electrons. The van der Waals surface area contributed by atoms with Crippen molar-refractivity contribution in [3.63, 3.8) is 0 Å². The summed E-state index contributed by atoms with van der Waals surface area (Å²) in [7, 11) is 0. The summed E-state index contributed by atoms with van der Waals surface area (Å²) in [4.78, 5) is 12.6. The van der Waals surface area contributed by atoms with Crippen LogP contribution in [0.1, 0.15) is 73.0 Å². The highest BCUT2D eigenvalue weighted by atomic mass is 16.3. The van der Waals surface area contributed by atoms with Gasteiger partial charge in [-0.25, -0.2) is 0 Å². The van der Waals surface area contributed by atoms with Gasteiger partial charge in [-0.1, -0.05) is 26.7 Å². The molecule has 2 heteroatoms. The predicted molar refractivity (Wildman–Crippen MR) is 82.7 cm³/mol. The van der Waals surface area contributed by atoms with Crippen LogP contribution in [-0.4, -0.2) is 17.0 Å². The quantitative estimate of drug-likeness (QED) is 0.733. The number of rotatable bonds is 0. The molecule has 7 atom stereocenters. The Morgan fingerprint density at radius 3 is 2.71 bits per heavy atom. The van der Waals surface area contributed by atoms with Gasteiger partial charge in [0.2, 0.25) is 0 Å². The van der Waals surface area contributed by atoms with Crippen molar-refractivity contribution in [2.75, 3.05) is 0 Å². The van der Waals surface area contributed by atoms with Crippen molar-refractivity contribution in [3.05, 3.63) is 0 Å². The molecular weight excluding hydrogens is 260 g/mol. The van der Waals surface area contributed by atoms with Crippen molar-refractivity contribution in [2.24, 2.45) is 34.5 Å². The Morgan fingerprint density at radius 1 is 1.10 bits per heavy atom. The van der Waals surface area contributed by atoms with Crippen LogP contribution < -0.4 is 0 Å². The summed E-state index contributed by atoms with van der Waals surface area (Å²) in [5, 5.41) is 10.3. The zero-order chi connectivity index (χ0) is 15.8. The van der Waals surface area contributed by atoms with E-state index in [0.29, 0.717) is 23.7 Å². The third-order valence-electron chi connectivity index (χ3n) is 8.17. The first-order valence-corrected chi connectivity index (χ1v) is 9.06. The van der Waals surface area contributed by atoms with Crippen LogP contribution in [0.25, 0.3) is 0 Å². The van der Waals surface area contributed by atoms with E-state index in [2.05, 4.69) is 6.92 Å². The normalized spacial score (nSPS) is 60.7. The molecule has 1 N–H and O–H groups in total. The average molecular weight is 291 g/mol. The summed E-state index contributed by atoms with van der Waals surface area (Å²) in [5.74, 6) is 2.19. The summed E-state index contributed by atoms with van der Waals surface area (Å²) in [6, 6.07) is 0. The van der Waals surface area contributed by atoms with Crippen LogP contribution in [0.5, 0.6) is 0 Å². The van der Waals surface area contributed by atoms with Crippen LogP contribution in [0, 0.1) is 34.5 Å². The minimum absolute atomic E-state index is 0.195. The molecule has 21 heavy (non-hydrogen) atoms. The van der Waals surface area contributed by atoms with Gasteiger partial charge in [0.1, 0.15) is 6.08 Å². The number of carbonyl (C=O) groups excluding carboxylic acids is 1. The largest absolute Gasteiger partial charge is 0.385 e. The van der Waals surface area contributed by atoms with E-state index in [1.807, 2.05) is 6.92 Å². The van der Waals surface area contributed by atoms with E-state index in [0.717, 1.165) is 18.8 Å². The predicted octanol–water partition coefficient (Wildman–Crippen LogP) is 3.96. The highest BCUT2D eigenvalue weighted by Gasteiger charge is 2.61. The number of fused-ring (bicyclic) bond motifs is 5. The second-order valence-electron chi connectivity index (χ2n) is 8.84. The van der Waals surface area contributed by atoms with Crippen LogP contribution in [-0.2, 0) is 4.79 Å². The van der Waals surface area contributed by atoms with Gasteiger partial charge in [-0.2, -0.15) is 0 Å². The second kappa shape index (κ2) is 4.57. The van der Waals surface area contributed by atoms with Gasteiger partial charge in [0.25, 0.3) is 0 Å². The minimum atomic E-state index is -1.82. The average Bonchev–Trinajstić information content (AvgIpc) is 2.66. The molecular formula is C19H30O2. The van der Waals surface area contributed by atoms with Gasteiger partial charge in [0.15, 0.2) is 5.78 Å². The topological polar surface area (TPSA) is 37.3 Å². The molecule has 0 saturated heterocycles. The molecule has 0 aromatic heterocycles. The maximum atomic E-state index is 12.6. The molecule has 2 nitrogen and oxygen atoms in total. The third-order valence-corrected chi connectivity index (χ3v) is 8.17. The SMILES string of the molecule is [2H][C@@]1(O)C[C@H]2[C@@H]3CC[C@H]4CCCC[C@]4(C)[C@H]3CC[C@]2(C)C1=O. The fourth-order valence-corrected chi connectivity index (χ4v) is 6.90. The fourth-order valence-electron chi connectivity index (χ4n) is 6.90. The molecule has 0 amide bonds. The highest BCUT2D eigenvalue weighted by Crippen LogP contribution is 2.65. The van der Waals surface area contributed by atoms with Crippen molar-refractivity contribution >= 4 is 5.78 Å². The van der Waals surface area contributed by atoms with Crippen LogP contribution in [0.15, 0.2) is 0 Å². The van der Waals surface area contributed by atoms with E-state index in [4.69, 9.17) is 1.37 Å². The Labute approximate surface area is 130 Å². The number of aliphatic hydroxyl groups is 1. The Morgan fingerprint density at radius 2 is 1.90 bits per heavy atom. The summed E-state index contributed by atoms with van der Waals surface area (Å²) in [6.45, 7) is 4.55. The Bertz CT molecular complexity index is 502. The van der Waals surface area contributed by atoms with Crippen molar-refractivity contribution < 1.29 is 11.3 Å². The molecule has 0 heterocycles. The van der Waals surface area contributed by atoms with Gasteiger partial charge in [-0.3, -0.25) is 4.79 Å². The van der Waals surface area contributed by atoms with Crippen LogP contribution in [0.2, 0.25) is 0 Å². The van der Waals surface area contributed by atoms with E-state index in [-0.39, 0.29) is 11.7 Å². The summed E-state index contributed by atoms with van der Waals surface area (Å²) in [5.41, 5.74) is 0.0177. The fraction of sp³-hybridized carbons (Fsp3) is 0.947. The molecule has 4 aliphatic carbocycles. The zero-order valence-electron chi connectivity index (χ0n) is 14.5. The van der Waals surface area contributed by atoms with E-state index in [9.17, 15) is 9.90 Å². The molecule has 4 saturated carbocycles. The van der Waals surface area contributed by atoms with Crippen LogP contribution in [0.4, 0.5) is 0 Å². The number of hydrogen-bond acceptors (Lipinski definition) is 2. The number of hydrogen-bond donors (Lipinski definition) is 1. The molecule has 0 aliphatic heterocycles. The van der Waals surface area contributed by atoms with Gasteiger partial charge in [-0.05, 0) is 74.0 Å². The highest BCUT2D eigenvalue weighted by molar-refractivity contribution is 5.91. The van der Waals surface area contributed by atoms with Crippen molar-refractivity contribution in [1.82, 2.24) is 0 Å². The smallest absolute Gasteiger partial charge is 0.167 e. The molecule has 0 aromatic carbocycles. The van der Waals surface area contributed by atoms with Gasteiger partial charge < -0.3 is 5.11 Å². The molecule has 0 spiro atoms. The standard InChI is InChI=1S/C19H30O2/c1-18-9-4-3-5-12(18)6-7-13-14(18)8-10-19(2)15(13)11-16(20)17(19)21/h12-16,20H,3-11H2,1-2H3/t12-,13-,14+,15+,16-,18+,19+/m1/s1/i16D. The first-order chi connectivity index (χ1) is 10.3. The van der Waals surface area contributed by atoms with Crippen molar-refractivity contribution in [1.29, 1.82) is 0 Å². The van der Waals surface area contributed by atoms with E-state index < -0.39 is 11.5 Å². The van der Waals surface area contributed by atoms with Crippen molar-refractivity contribution in [3.8, 4) is 0 Å². The number of Topliss-reactive ketones (excluding diaryl/α,β-unsaturated/α-hetero) is 1. The maximum absolute atomic E-state index is 12.6. The van der Waals surface area contributed by atoms with E-state index >= 15 is 0 Å². The molecule has 0 aromatic rings. The Kier molecular flexibility index (Phi) is 2.85. The summed E-state index contributed by atoms with van der Waals surface area (Å²) < 4.78 is 8.06. The number of ketones is 1. The molecule has 0 bridgehead atoms. The zero-order valence-corrected chi connectivity index (χ0v) is 13.5. The second-order valence-corrected chi connectivity index (χ2v) is 8.84. The molecule has 0 unspecified atom stereocenters. The lowest BCUT2D eigenvalue weighted by atomic mass is 9.45. The van der Waals surface area contributed by atoms with Crippen LogP contribution in [0.3, 0.4) is 0 Å². The minimum Gasteiger partial charge on any atom is -0.385 e. The number of carbonyl (C=O) groups is 1. The lowest BCUT2D eigenvalue weighted by Crippen LogP contribution is -2.52.